The van der Waals surface area contributed by atoms with Crippen molar-refractivity contribution in [3.05, 3.63) is 46.9 Å². The van der Waals surface area contributed by atoms with Gasteiger partial charge in [-0.25, -0.2) is 9.37 Å². The molecule has 0 radical (unpaired) electrons. The van der Waals surface area contributed by atoms with Crippen molar-refractivity contribution < 1.29 is 4.39 Å². The lowest BCUT2D eigenvalue weighted by molar-refractivity contribution is 0.459. The van der Waals surface area contributed by atoms with Gasteiger partial charge in [0.2, 0.25) is 0 Å². The summed E-state index contributed by atoms with van der Waals surface area (Å²) in [6.07, 6.45) is 3.95. The van der Waals surface area contributed by atoms with Crippen LogP contribution in [0.2, 0.25) is 0 Å². The second kappa shape index (κ2) is 7.71. The Morgan fingerprint density at radius 3 is 2.69 bits per heavy atom. The van der Waals surface area contributed by atoms with Crippen LogP contribution in [0.3, 0.4) is 0 Å². The molecule has 1 aliphatic rings. The van der Waals surface area contributed by atoms with E-state index in [9.17, 15) is 9.65 Å². The van der Waals surface area contributed by atoms with Gasteiger partial charge in [-0.05, 0) is 61.3 Å². The summed E-state index contributed by atoms with van der Waals surface area (Å²) in [5.41, 5.74) is 3.18. The predicted molar refractivity (Wildman–Crippen MR) is 116 cm³/mol. The third kappa shape index (κ3) is 3.48. The maximum Gasteiger partial charge on any atom is 0.150 e. The van der Waals surface area contributed by atoms with Gasteiger partial charge in [-0.15, -0.1) is 23.7 Å². The first-order valence-corrected chi connectivity index (χ1v) is 10.1. The highest BCUT2D eigenvalue weighted by Crippen LogP contribution is 2.36. The van der Waals surface area contributed by atoms with Gasteiger partial charge in [-0.3, -0.25) is 4.68 Å². The van der Waals surface area contributed by atoms with Crippen LogP contribution in [0.25, 0.3) is 32.2 Å². The van der Waals surface area contributed by atoms with Gasteiger partial charge in [0.05, 0.1) is 15.3 Å². The zero-order valence-electron chi connectivity index (χ0n) is 15.8. The monoisotopic (exact) mass is 427 g/mol. The summed E-state index contributed by atoms with van der Waals surface area (Å²) in [6.45, 7) is 1.97. The molecule has 8 heteroatoms. The molecule has 0 saturated carbocycles. The zero-order valence-corrected chi connectivity index (χ0v) is 17.4. The Morgan fingerprint density at radius 1 is 1.17 bits per heavy atom. The third-order valence-electron chi connectivity index (χ3n) is 5.33. The highest BCUT2D eigenvalue weighted by atomic mass is 35.5. The van der Waals surface area contributed by atoms with Crippen molar-refractivity contribution in [3.63, 3.8) is 0 Å². The molecule has 0 bridgehead atoms. The minimum atomic E-state index is -0.311. The van der Waals surface area contributed by atoms with E-state index in [0.29, 0.717) is 22.5 Å². The summed E-state index contributed by atoms with van der Waals surface area (Å²) in [5, 5.41) is 19.1. The molecule has 3 heterocycles. The number of aromatic nitrogens is 3. The van der Waals surface area contributed by atoms with E-state index in [2.05, 4.69) is 21.5 Å². The summed E-state index contributed by atoms with van der Waals surface area (Å²) in [4.78, 5) is 4.61. The Kier molecular flexibility index (Phi) is 5.26. The Morgan fingerprint density at radius 2 is 1.93 bits per heavy atom. The third-order valence-corrected chi connectivity index (χ3v) is 6.50. The quantitative estimate of drug-likeness (QED) is 0.501. The van der Waals surface area contributed by atoms with Crippen LogP contribution in [0, 0.1) is 17.1 Å². The minimum absolute atomic E-state index is 0. The molecule has 2 aromatic heterocycles. The van der Waals surface area contributed by atoms with Gasteiger partial charge >= 0.3 is 0 Å². The Labute approximate surface area is 177 Å². The van der Waals surface area contributed by atoms with Crippen molar-refractivity contribution in [2.75, 3.05) is 13.1 Å². The first kappa shape index (κ1) is 19.8. The van der Waals surface area contributed by atoms with Gasteiger partial charge < -0.3 is 5.32 Å². The lowest BCUT2D eigenvalue weighted by Crippen LogP contribution is -2.26. The van der Waals surface area contributed by atoms with E-state index in [-0.39, 0.29) is 18.2 Å². The molecule has 5 nitrogen and oxygen atoms in total. The van der Waals surface area contributed by atoms with Crippen LogP contribution in [0.15, 0.2) is 30.5 Å². The van der Waals surface area contributed by atoms with Gasteiger partial charge in [-0.1, -0.05) is 0 Å². The first-order valence-electron chi connectivity index (χ1n) is 9.31. The summed E-state index contributed by atoms with van der Waals surface area (Å²) in [6, 6.07) is 9.45. The molecule has 2 aromatic carbocycles. The fourth-order valence-corrected chi connectivity index (χ4v) is 5.11. The molecule has 0 aliphatic carbocycles. The number of benzene rings is 2. The lowest BCUT2D eigenvalue weighted by atomic mass is 9.99. The lowest BCUT2D eigenvalue weighted by Gasteiger charge is -2.20. The van der Waals surface area contributed by atoms with Gasteiger partial charge in [0.15, 0.2) is 5.82 Å². The van der Waals surface area contributed by atoms with Crippen molar-refractivity contribution in [1.82, 2.24) is 20.1 Å². The molecule has 29 heavy (non-hydrogen) atoms. The van der Waals surface area contributed by atoms with Crippen molar-refractivity contribution in [2.24, 2.45) is 7.05 Å². The second-order valence-corrected chi connectivity index (χ2v) is 8.32. The molecule has 1 saturated heterocycles. The fourth-order valence-electron chi connectivity index (χ4n) is 3.92. The van der Waals surface area contributed by atoms with Crippen molar-refractivity contribution in [1.29, 1.82) is 5.26 Å². The van der Waals surface area contributed by atoms with E-state index >= 15 is 0 Å². The average Bonchev–Trinajstić information content (AvgIpc) is 3.30. The Hall–Kier alpha value is -2.53. The molecule has 4 aromatic rings. The maximum atomic E-state index is 14.9. The van der Waals surface area contributed by atoms with E-state index in [4.69, 9.17) is 0 Å². The van der Waals surface area contributed by atoms with E-state index in [1.165, 1.54) is 6.07 Å². The number of piperidine rings is 1. The minimum Gasteiger partial charge on any atom is -0.317 e. The number of nitrogens with zero attached hydrogens (tertiary/aromatic N) is 4. The molecular weight excluding hydrogens is 409 g/mol. The number of thiazole rings is 1. The molecule has 0 atom stereocenters. The average molecular weight is 428 g/mol. The number of aryl methyl sites for hydroxylation is 1. The number of rotatable bonds is 2. The predicted octanol–water partition coefficient (Wildman–Crippen LogP) is 4.75. The standard InChI is InChI=1S/C21H18FN5S.ClH/c1-27-11-16-7-13(6-15(10-23)19(16)26-27)14-8-17(22)20-18(9-14)28-21(25-20)12-2-4-24-5-3-12;/h6-9,11-12,24H,2-5H2,1H3;1H. The van der Waals surface area contributed by atoms with Gasteiger partial charge in [0.1, 0.15) is 17.1 Å². The summed E-state index contributed by atoms with van der Waals surface area (Å²) in [7, 11) is 1.83. The maximum absolute atomic E-state index is 14.9. The number of halogens is 2. The molecule has 5 rings (SSSR count). The summed E-state index contributed by atoms with van der Waals surface area (Å²) >= 11 is 1.58. The molecule has 0 amide bonds. The van der Waals surface area contributed by atoms with E-state index in [0.717, 1.165) is 52.2 Å². The number of nitriles is 1. The van der Waals surface area contributed by atoms with Crippen LogP contribution in [0.5, 0.6) is 0 Å². The number of nitrogens with one attached hydrogen (secondary N) is 1. The number of fused-ring (bicyclic) bond motifs is 2. The normalized spacial score (nSPS) is 14.8. The molecule has 0 spiro atoms. The van der Waals surface area contributed by atoms with Crippen molar-refractivity contribution in [2.45, 2.75) is 18.8 Å². The molecule has 0 unspecified atom stereocenters. The summed E-state index contributed by atoms with van der Waals surface area (Å²) < 4.78 is 17.4. The van der Waals surface area contributed by atoms with Crippen LogP contribution < -0.4 is 5.32 Å². The number of hydrogen-bond donors (Lipinski definition) is 1. The largest absolute Gasteiger partial charge is 0.317 e. The SMILES string of the molecule is Cl.Cn1cc2cc(-c3cc(F)c4nc(C5CCNCC5)sc4c3)cc(C#N)c2n1. The van der Waals surface area contributed by atoms with Crippen LogP contribution in [-0.4, -0.2) is 27.9 Å². The highest BCUT2D eigenvalue weighted by molar-refractivity contribution is 7.18. The van der Waals surface area contributed by atoms with Gasteiger partial charge in [0.25, 0.3) is 0 Å². The van der Waals surface area contributed by atoms with Crippen LogP contribution in [-0.2, 0) is 7.05 Å². The van der Waals surface area contributed by atoms with E-state index < -0.39 is 0 Å². The number of hydrogen-bond acceptors (Lipinski definition) is 5. The van der Waals surface area contributed by atoms with Crippen molar-refractivity contribution in [3.8, 4) is 17.2 Å². The van der Waals surface area contributed by atoms with Crippen LogP contribution >= 0.6 is 23.7 Å². The van der Waals surface area contributed by atoms with Gasteiger partial charge in [0, 0.05) is 24.5 Å². The molecule has 1 N–H and O–H groups in total. The first-order chi connectivity index (χ1) is 13.6. The summed E-state index contributed by atoms with van der Waals surface area (Å²) in [5.74, 6) is 0.0900. The van der Waals surface area contributed by atoms with Crippen LogP contribution in [0.4, 0.5) is 4.39 Å². The van der Waals surface area contributed by atoms with E-state index in [1.54, 1.807) is 22.1 Å². The highest BCUT2D eigenvalue weighted by Gasteiger charge is 2.21. The Bertz CT molecular complexity index is 1250. The van der Waals surface area contributed by atoms with Crippen LogP contribution in [0.1, 0.15) is 29.3 Å². The Balaban J connectivity index is 0.00000205. The topological polar surface area (TPSA) is 66.5 Å². The molecule has 1 fully saturated rings. The van der Waals surface area contributed by atoms with Crippen molar-refractivity contribution >= 4 is 44.9 Å². The fraction of sp³-hybridized carbons (Fsp3) is 0.286. The van der Waals surface area contributed by atoms with E-state index in [1.807, 2.05) is 25.4 Å². The molecule has 148 valence electrons. The second-order valence-electron chi connectivity index (χ2n) is 7.26. The van der Waals surface area contributed by atoms with Gasteiger partial charge in [-0.2, -0.15) is 10.4 Å². The smallest absolute Gasteiger partial charge is 0.150 e. The zero-order chi connectivity index (χ0) is 19.3. The molecule has 1 aliphatic heterocycles. The molecular formula is C21H19ClFN5S.